The molecular formula is C24H16F4N4O2. The fourth-order valence-electron chi connectivity index (χ4n) is 3.10. The van der Waals surface area contributed by atoms with Gasteiger partial charge in [-0.05, 0) is 61.0 Å². The standard InChI is InChI=1S/C24H16F4N4O2/c1-14-4-5-15(22(33)32-16-6-7-19(25)18(12-16)24(26,27)28)11-21(14)34-23-17(3-2-9-30-23)20-8-10-29-13-31-20/h2-13H,1H3,(H,32,33). The molecule has 1 N–H and O–H groups in total. The third-order valence-corrected chi connectivity index (χ3v) is 4.82. The minimum absolute atomic E-state index is 0.123. The zero-order valence-corrected chi connectivity index (χ0v) is 17.6. The summed E-state index contributed by atoms with van der Waals surface area (Å²) in [6.45, 7) is 1.76. The van der Waals surface area contributed by atoms with E-state index >= 15 is 0 Å². The van der Waals surface area contributed by atoms with Gasteiger partial charge in [-0.3, -0.25) is 4.79 Å². The second-order valence-corrected chi connectivity index (χ2v) is 7.18. The number of aromatic nitrogens is 3. The van der Waals surface area contributed by atoms with Gasteiger partial charge in [0.05, 0.1) is 16.8 Å². The van der Waals surface area contributed by atoms with E-state index in [0.717, 1.165) is 6.07 Å². The van der Waals surface area contributed by atoms with E-state index in [9.17, 15) is 22.4 Å². The highest BCUT2D eigenvalue weighted by Gasteiger charge is 2.34. The fourth-order valence-corrected chi connectivity index (χ4v) is 3.10. The number of ether oxygens (including phenoxy) is 1. The van der Waals surface area contributed by atoms with E-state index in [1.165, 1.54) is 18.5 Å². The molecule has 4 rings (SSSR count). The first-order valence-corrected chi connectivity index (χ1v) is 9.90. The van der Waals surface area contributed by atoms with Crippen LogP contribution in [0.15, 0.2) is 73.3 Å². The highest BCUT2D eigenvalue weighted by atomic mass is 19.4. The second-order valence-electron chi connectivity index (χ2n) is 7.18. The topological polar surface area (TPSA) is 77.0 Å². The normalized spacial score (nSPS) is 11.2. The number of carbonyl (C=O) groups is 1. The van der Waals surface area contributed by atoms with Crippen LogP contribution in [-0.4, -0.2) is 20.9 Å². The van der Waals surface area contributed by atoms with Crippen LogP contribution < -0.4 is 10.1 Å². The second kappa shape index (κ2) is 9.26. The lowest BCUT2D eigenvalue weighted by Crippen LogP contribution is -2.14. The van der Waals surface area contributed by atoms with Crippen LogP contribution in [0.5, 0.6) is 11.6 Å². The molecule has 6 nitrogen and oxygen atoms in total. The maximum Gasteiger partial charge on any atom is 0.419 e. The average Bonchev–Trinajstić information content (AvgIpc) is 2.82. The number of amides is 1. The van der Waals surface area contributed by atoms with Crippen LogP contribution in [0, 0.1) is 12.7 Å². The molecule has 34 heavy (non-hydrogen) atoms. The number of pyridine rings is 1. The molecule has 0 bridgehead atoms. The van der Waals surface area contributed by atoms with Crippen LogP contribution in [0.1, 0.15) is 21.5 Å². The van der Waals surface area contributed by atoms with Crippen LogP contribution in [0.4, 0.5) is 23.2 Å². The van der Waals surface area contributed by atoms with E-state index in [0.29, 0.717) is 34.7 Å². The fraction of sp³-hybridized carbons (Fsp3) is 0.0833. The molecule has 172 valence electrons. The van der Waals surface area contributed by atoms with Crippen molar-refractivity contribution in [2.75, 3.05) is 5.32 Å². The lowest BCUT2D eigenvalue weighted by Gasteiger charge is -2.13. The van der Waals surface area contributed by atoms with Crippen molar-refractivity contribution in [2.24, 2.45) is 0 Å². The van der Waals surface area contributed by atoms with E-state index in [2.05, 4.69) is 20.3 Å². The summed E-state index contributed by atoms with van der Waals surface area (Å²) in [6, 6.07) is 12.0. The molecule has 4 aromatic rings. The largest absolute Gasteiger partial charge is 0.438 e. The van der Waals surface area contributed by atoms with Gasteiger partial charge in [-0.15, -0.1) is 0 Å². The summed E-state index contributed by atoms with van der Waals surface area (Å²) in [5.74, 6) is -1.56. The van der Waals surface area contributed by atoms with Gasteiger partial charge in [-0.2, -0.15) is 13.2 Å². The zero-order valence-electron chi connectivity index (χ0n) is 17.6. The van der Waals surface area contributed by atoms with E-state index in [4.69, 9.17) is 4.74 Å². The Balaban J connectivity index is 1.60. The molecule has 2 aromatic heterocycles. The first-order valence-electron chi connectivity index (χ1n) is 9.90. The number of halogens is 4. The highest BCUT2D eigenvalue weighted by molar-refractivity contribution is 6.04. The van der Waals surface area contributed by atoms with Crippen LogP contribution >= 0.6 is 0 Å². The van der Waals surface area contributed by atoms with Crippen LogP contribution in [0.3, 0.4) is 0 Å². The molecule has 0 aliphatic carbocycles. The van der Waals surface area contributed by atoms with Crippen molar-refractivity contribution >= 4 is 11.6 Å². The molecule has 0 fully saturated rings. The third kappa shape index (κ3) is 5.01. The third-order valence-electron chi connectivity index (χ3n) is 4.82. The van der Waals surface area contributed by atoms with Crippen LogP contribution in [-0.2, 0) is 6.18 Å². The molecule has 0 unspecified atom stereocenters. The number of rotatable bonds is 5. The molecule has 2 aromatic carbocycles. The highest BCUT2D eigenvalue weighted by Crippen LogP contribution is 2.34. The number of benzene rings is 2. The number of nitrogens with one attached hydrogen (secondary N) is 1. The Kier molecular flexibility index (Phi) is 6.22. The van der Waals surface area contributed by atoms with Crippen molar-refractivity contribution in [3.05, 3.63) is 95.8 Å². The molecule has 0 atom stereocenters. The van der Waals surface area contributed by atoms with Crippen LogP contribution in [0.2, 0.25) is 0 Å². The number of hydrogen-bond donors (Lipinski definition) is 1. The molecule has 2 heterocycles. The summed E-state index contributed by atoms with van der Waals surface area (Å²) >= 11 is 0. The van der Waals surface area contributed by atoms with Crippen molar-refractivity contribution in [1.29, 1.82) is 0 Å². The van der Waals surface area contributed by atoms with Crippen LogP contribution in [0.25, 0.3) is 11.3 Å². The first kappa shape index (κ1) is 22.8. The molecular weight excluding hydrogens is 452 g/mol. The number of carbonyl (C=O) groups excluding carboxylic acids is 1. The molecule has 0 saturated carbocycles. The molecule has 0 aliphatic rings. The smallest absolute Gasteiger partial charge is 0.419 e. The van der Waals surface area contributed by atoms with E-state index in [1.807, 2.05) is 0 Å². The van der Waals surface area contributed by atoms with Gasteiger partial charge < -0.3 is 10.1 Å². The van der Waals surface area contributed by atoms with Gasteiger partial charge in [0.25, 0.3) is 5.91 Å². The molecule has 1 amide bonds. The predicted molar refractivity (Wildman–Crippen MR) is 116 cm³/mol. The molecule has 0 spiro atoms. The minimum Gasteiger partial charge on any atom is -0.438 e. The molecule has 0 aliphatic heterocycles. The van der Waals surface area contributed by atoms with E-state index in [-0.39, 0.29) is 17.1 Å². The average molecular weight is 468 g/mol. The Morgan fingerprint density at radius 1 is 1.00 bits per heavy atom. The maximum atomic E-state index is 13.5. The van der Waals surface area contributed by atoms with Gasteiger partial charge >= 0.3 is 6.18 Å². The van der Waals surface area contributed by atoms with Gasteiger partial charge in [0.15, 0.2) is 0 Å². The summed E-state index contributed by atoms with van der Waals surface area (Å²) in [5, 5.41) is 2.35. The van der Waals surface area contributed by atoms with Crippen molar-refractivity contribution in [2.45, 2.75) is 13.1 Å². The summed E-state index contributed by atoms with van der Waals surface area (Å²) < 4.78 is 58.4. The quantitative estimate of drug-likeness (QED) is 0.361. The van der Waals surface area contributed by atoms with Gasteiger partial charge in [0.2, 0.25) is 5.88 Å². The Bertz CT molecular complexity index is 1340. The number of anilines is 1. The SMILES string of the molecule is Cc1ccc(C(=O)Nc2ccc(F)c(C(F)(F)F)c2)cc1Oc1ncccc1-c1ccncn1. The summed E-state index contributed by atoms with van der Waals surface area (Å²) in [6.07, 6.45) is -0.380. The summed E-state index contributed by atoms with van der Waals surface area (Å²) in [7, 11) is 0. The molecule has 0 radical (unpaired) electrons. The Hall–Kier alpha value is -4.34. The Morgan fingerprint density at radius 3 is 2.56 bits per heavy atom. The molecule has 10 heteroatoms. The van der Waals surface area contributed by atoms with Crippen molar-refractivity contribution in [3.8, 4) is 22.9 Å². The number of hydrogen-bond acceptors (Lipinski definition) is 5. The summed E-state index contributed by atoms with van der Waals surface area (Å²) in [5.41, 5.74) is 0.338. The maximum absolute atomic E-state index is 13.5. The lowest BCUT2D eigenvalue weighted by atomic mass is 10.1. The van der Waals surface area contributed by atoms with Crippen molar-refractivity contribution in [1.82, 2.24) is 15.0 Å². The van der Waals surface area contributed by atoms with Crippen molar-refractivity contribution < 1.29 is 27.1 Å². The lowest BCUT2D eigenvalue weighted by molar-refractivity contribution is -0.139. The Labute approximate surface area is 191 Å². The minimum atomic E-state index is -4.89. The van der Waals surface area contributed by atoms with Crippen molar-refractivity contribution in [3.63, 3.8) is 0 Å². The van der Waals surface area contributed by atoms with Gasteiger partial charge in [-0.25, -0.2) is 19.3 Å². The number of nitrogens with zero attached hydrogens (tertiary/aromatic N) is 3. The summed E-state index contributed by atoms with van der Waals surface area (Å²) in [4.78, 5) is 25.0. The number of aryl methyl sites for hydroxylation is 1. The monoisotopic (exact) mass is 468 g/mol. The Morgan fingerprint density at radius 2 is 1.82 bits per heavy atom. The first-order chi connectivity index (χ1) is 16.2. The zero-order chi connectivity index (χ0) is 24.3. The van der Waals surface area contributed by atoms with E-state index in [1.54, 1.807) is 43.6 Å². The van der Waals surface area contributed by atoms with Gasteiger partial charge in [0, 0.05) is 23.6 Å². The predicted octanol–water partition coefficient (Wildman–Crippen LogP) is 6.05. The van der Waals surface area contributed by atoms with Gasteiger partial charge in [0.1, 0.15) is 17.9 Å². The van der Waals surface area contributed by atoms with E-state index < -0.39 is 23.5 Å². The molecule has 0 saturated heterocycles. The number of alkyl halides is 3. The van der Waals surface area contributed by atoms with Gasteiger partial charge in [-0.1, -0.05) is 6.07 Å².